The van der Waals surface area contributed by atoms with E-state index >= 15 is 0 Å². The Hall–Kier alpha value is 0.0934. The van der Waals surface area contributed by atoms with Crippen LogP contribution in [0.2, 0.25) is 0 Å². The molecular weight excluding hydrogens is 255 g/mol. The summed E-state index contributed by atoms with van der Waals surface area (Å²) in [4.78, 5) is 10.1. The summed E-state index contributed by atoms with van der Waals surface area (Å²) in [7, 11) is 0. The zero-order chi connectivity index (χ0) is 9.23. The Morgan fingerprint density at radius 2 is 1.46 bits per heavy atom. The molecule has 3 heteroatoms. The fourth-order valence-electron chi connectivity index (χ4n) is 1.23. The number of carboxylic acid groups (broad SMARTS) is 1. The predicted octanol–water partition coefficient (Wildman–Crippen LogP) is 3.21. The summed E-state index contributed by atoms with van der Waals surface area (Å²) >= 11 is 0. The second-order valence-corrected chi connectivity index (χ2v) is 3.27. The van der Waals surface area contributed by atoms with E-state index in [4.69, 9.17) is 5.11 Å². The van der Waals surface area contributed by atoms with Crippen LogP contribution in [0.3, 0.4) is 0 Å². The molecule has 0 rings (SSSR count). The molecule has 2 nitrogen and oxygen atoms in total. The molecule has 0 heterocycles. The van der Waals surface area contributed by atoms with Gasteiger partial charge >= 0.3 is 25.4 Å². The molecular formula is C10H20O2Rh+2. The van der Waals surface area contributed by atoms with Gasteiger partial charge in [-0.15, -0.1) is 0 Å². The Morgan fingerprint density at radius 3 is 1.92 bits per heavy atom. The standard InChI is InChI=1S/C10H20O2.Rh/c1-2-3-4-5-6-7-8-9-10(11)12;/h2-9H2,1H3,(H,11,12);/q;+2. The van der Waals surface area contributed by atoms with E-state index in [2.05, 4.69) is 6.92 Å². The van der Waals surface area contributed by atoms with E-state index in [0.29, 0.717) is 6.42 Å². The number of carbonyl (C=O) groups is 1. The fraction of sp³-hybridized carbons (Fsp3) is 0.900. The molecule has 1 radical (unpaired) electrons. The summed E-state index contributed by atoms with van der Waals surface area (Å²) in [6.45, 7) is 2.20. The molecule has 0 bridgehead atoms. The second kappa shape index (κ2) is 12.1. The largest absolute Gasteiger partial charge is 2.00 e. The van der Waals surface area contributed by atoms with Gasteiger partial charge in [0, 0.05) is 6.42 Å². The van der Waals surface area contributed by atoms with Crippen LogP contribution in [0.15, 0.2) is 0 Å². The zero-order valence-corrected chi connectivity index (χ0v) is 9.98. The van der Waals surface area contributed by atoms with Gasteiger partial charge in [0.25, 0.3) is 0 Å². The maximum atomic E-state index is 10.1. The van der Waals surface area contributed by atoms with Gasteiger partial charge < -0.3 is 5.11 Å². The third kappa shape index (κ3) is 14.9. The molecule has 0 atom stereocenters. The molecule has 0 aliphatic rings. The summed E-state index contributed by atoms with van der Waals surface area (Å²) < 4.78 is 0. The van der Waals surface area contributed by atoms with Crippen LogP contribution in [-0.4, -0.2) is 11.1 Å². The van der Waals surface area contributed by atoms with Crippen molar-refractivity contribution in [3.63, 3.8) is 0 Å². The Kier molecular flexibility index (Phi) is 14.5. The average Bonchev–Trinajstić information content (AvgIpc) is 2.02. The normalized spacial score (nSPS) is 9.31. The molecule has 0 unspecified atom stereocenters. The summed E-state index contributed by atoms with van der Waals surface area (Å²) in [6, 6.07) is 0. The molecule has 13 heavy (non-hydrogen) atoms. The van der Waals surface area contributed by atoms with Gasteiger partial charge in [0.1, 0.15) is 0 Å². The van der Waals surface area contributed by atoms with Gasteiger partial charge in [-0.2, -0.15) is 0 Å². The van der Waals surface area contributed by atoms with E-state index in [-0.39, 0.29) is 19.5 Å². The number of aliphatic carboxylic acids is 1. The van der Waals surface area contributed by atoms with Crippen LogP contribution in [0.4, 0.5) is 0 Å². The van der Waals surface area contributed by atoms with Crippen molar-refractivity contribution in [3.05, 3.63) is 0 Å². The van der Waals surface area contributed by atoms with Crippen molar-refractivity contribution in [2.45, 2.75) is 58.3 Å². The quantitative estimate of drug-likeness (QED) is 0.545. The second-order valence-electron chi connectivity index (χ2n) is 3.27. The third-order valence-electron chi connectivity index (χ3n) is 1.99. The Bertz CT molecular complexity index is 115. The van der Waals surface area contributed by atoms with Gasteiger partial charge in [-0.1, -0.05) is 45.4 Å². The maximum Gasteiger partial charge on any atom is 2.00 e. The molecule has 0 spiro atoms. The summed E-state index contributed by atoms with van der Waals surface area (Å²) in [5.41, 5.74) is 0. The van der Waals surface area contributed by atoms with Crippen LogP contribution < -0.4 is 0 Å². The monoisotopic (exact) mass is 275 g/mol. The molecule has 0 aromatic carbocycles. The van der Waals surface area contributed by atoms with Gasteiger partial charge in [0.2, 0.25) is 0 Å². The summed E-state index contributed by atoms with van der Waals surface area (Å²) in [5, 5.41) is 8.35. The molecule has 0 saturated heterocycles. The molecule has 0 aliphatic carbocycles. The van der Waals surface area contributed by atoms with Crippen molar-refractivity contribution in [2.75, 3.05) is 0 Å². The van der Waals surface area contributed by atoms with Crippen LogP contribution in [-0.2, 0) is 24.3 Å². The first-order valence-corrected chi connectivity index (χ1v) is 4.99. The first-order chi connectivity index (χ1) is 5.77. The van der Waals surface area contributed by atoms with Crippen molar-refractivity contribution in [3.8, 4) is 0 Å². The molecule has 79 valence electrons. The fourth-order valence-corrected chi connectivity index (χ4v) is 1.23. The van der Waals surface area contributed by atoms with Crippen LogP contribution in [0.25, 0.3) is 0 Å². The van der Waals surface area contributed by atoms with Gasteiger partial charge in [-0.3, -0.25) is 4.79 Å². The molecule has 1 N–H and O–H groups in total. The van der Waals surface area contributed by atoms with Crippen LogP contribution in [0.5, 0.6) is 0 Å². The Balaban J connectivity index is 0. The molecule has 0 fully saturated rings. The minimum atomic E-state index is -0.663. The number of hydrogen-bond acceptors (Lipinski definition) is 1. The molecule has 0 aromatic rings. The number of unbranched alkanes of at least 4 members (excludes halogenated alkanes) is 6. The van der Waals surface area contributed by atoms with Gasteiger partial charge in [0.15, 0.2) is 0 Å². The summed E-state index contributed by atoms with van der Waals surface area (Å²) in [5.74, 6) is -0.663. The number of rotatable bonds is 8. The van der Waals surface area contributed by atoms with Crippen molar-refractivity contribution in [2.24, 2.45) is 0 Å². The SMILES string of the molecule is CCCCCCCCCC(=O)O.[Rh+2]. The molecule has 0 aromatic heterocycles. The topological polar surface area (TPSA) is 37.3 Å². The van der Waals surface area contributed by atoms with Crippen LogP contribution in [0, 0.1) is 0 Å². The summed E-state index contributed by atoms with van der Waals surface area (Å²) in [6.07, 6.45) is 8.64. The van der Waals surface area contributed by atoms with Crippen molar-refractivity contribution in [1.29, 1.82) is 0 Å². The van der Waals surface area contributed by atoms with Crippen molar-refractivity contribution >= 4 is 5.97 Å². The van der Waals surface area contributed by atoms with Crippen LogP contribution in [0.1, 0.15) is 58.3 Å². The van der Waals surface area contributed by atoms with Gasteiger partial charge in [-0.05, 0) is 6.42 Å². The van der Waals surface area contributed by atoms with Crippen molar-refractivity contribution in [1.82, 2.24) is 0 Å². The van der Waals surface area contributed by atoms with E-state index in [1.165, 1.54) is 32.1 Å². The Labute approximate surface area is 93.9 Å². The van der Waals surface area contributed by atoms with E-state index in [0.717, 1.165) is 12.8 Å². The third-order valence-corrected chi connectivity index (χ3v) is 1.99. The van der Waals surface area contributed by atoms with Gasteiger partial charge in [0.05, 0.1) is 0 Å². The minimum Gasteiger partial charge on any atom is -0.481 e. The molecule has 0 amide bonds. The average molecular weight is 275 g/mol. The van der Waals surface area contributed by atoms with Gasteiger partial charge in [-0.25, -0.2) is 0 Å². The smallest absolute Gasteiger partial charge is 0.481 e. The minimum absolute atomic E-state index is 0. The predicted molar refractivity (Wildman–Crippen MR) is 50.2 cm³/mol. The molecule has 0 aliphatic heterocycles. The first-order valence-electron chi connectivity index (χ1n) is 4.99. The number of hydrogen-bond donors (Lipinski definition) is 1. The van der Waals surface area contributed by atoms with E-state index in [1.54, 1.807) is 0 Å². The van der Waals surface area contributed by atoms with E-state index in [9.17, 15) is 4.79 Å². The zero-order valence-electron chi connectivity index (χ0n) is 8.35. The Morgan fingerprint density at radius 1 is 1.00 bits per heavy atom. The van der Waals surface area contributed by atoms with Crippen LogP contribution >= 0.6 is 0 Å². The van der Waals surface area contributed by atoms with E-state index < -0.39 is 5.97 Å². The van der Waals surface area contributed by atoms with E-state index in [1.807, 2.05) is 0 Å². The first kappa shape index (κ1) is 15.6. The number of carboxylic acids is 1. The van der Waals surface area contributed by atoms with Crippen molar-refractivity contribution < 1.29 is 29.4 Å². The molecule has 0 saturated carbocycles. The maximum absolute atomic E-state index is 10.1.